The third-order valence-corrected chi connectivity index (χ3v) is 6.88. The van der Waals surface area contributed by atoms with Crippen LogP contribution >= 0.6 is 0 Å². The normalized spacial score (nSPS) is 13.2. The van der Waals surface area contributed by atoms with Gasteiger partial charge in [-0.2, -0.15) is 4.40 Å². The molecule has 33 heavy (non-hydrogen) atoms. The first kappa shape index (κ1) is 21.3. The second kappa shape index (κ2) is 7.80. The van der Waals surface area contributed by atoms with Crippen molar-refractivity contribution >= 4 is 21.3 Å². The molecule has 1 aromatic carbocycles. The number of aromatic nitrogens is 4. The fourth-order valence-corrected chi connectivity index (χ4v) is 5.12. The summed E-state index contributed by atoms with van der Waals surface area (Å²) in [5.74, 6) is 0.753. The number of aryl methyl sites for hydroxylation is 2. The first-order valence-corrected chi connectivity index (χ1v) is 12.4. The number of nitrogens with one attached hydrogen (secondary N) is 2. The van der Waals surface area contributed by atoms with Gasteiger partial charge in [-0.05, 0) is 32.0 Å². The van der Waals surface area contributed by atoms with Gasteiger partial charge in [-0.25, -0.2) is 12.8 Å². The number of halogens is 1. The van der Waals surface area contributed by atoms with E-state index in [-0.39, 0.29) is 17.4 Å². The van der Waals surface area contributed by atoms with Crippen molar-refractivity contribution in [2.24, 2.45) is 0 Å². The highest BCUT2D eigenvalue weighted by atomic mass is 32.2. The van der Waals surface area contributed by atoms with Gasteiger partial charge in [0.2, 0.25) is 14.9 Å². The van der Waals surface area contributed by atoms with Crippen molar-refractivity contribution in [1.82, 2.24) is 15.0 Å². The number of hydrogen-bond donors (Lipinski definition) is 2. The molecule has 1 aliphatic heterocycles. The predicted molar refractivity (Wildman–Crippen MR) is 120 cm³/mol. The summed E-state index contributed by atoms with van der Waals surface area (Å²) in [6, 6.07) is 6.82. The Bertz CT molecular complexity index is 1510. The molecule has 0 spiro atoms. The molecular weight excluding hydrogens is 445 g/mol. The number of benzene rings is 1. The van der Waals surface area contributed by atoms with E-state index < -0.39 is 9.84 Å². The molecule has 170 valence electrons. The Kier molecular flexibility index (Phi) is 5.04. The second-order valence-corrected chi connectivity index (χ2v) is 10.1. The van der Waals surface area contributed by atoms with Gasteiger partial charge in [0.15, 0.2) is 11.8 Å². The van der Waals surface area contributed by atoms with Gasteiger partial charge < -0.3 is 4.74 Å². The first-order chi connectivity index (χ1) is 15.7. The lowest BCUT2D eigenvalue weighted by Gasteiger charge is -2.10. The number of ether oxygens (including phenoxy) is 1. The summed E-state index contributed by atoms with van der Waals surface area (Å²) < 4.78 is 46.8. The van der Waals surface area contributed by atoms with Crippen LogP contribution in [0.4, 0.5) is 10.3 Å². The average Bonchev–Trinajstić information content (AvgIpc) is 3.40. The molecule has 0 saturated carbocycles. The van der Waals surface area contributed by atoms with Gasteiger partial charge in [0.25, 0.3) is 0 Å². The van der Waals surface area contributed by atoms with Crippen molar-refractivity contribution in [3.8, 4) is 16.9 Å². The van der Waals surface area contributed by atoms with Crippen LogP contribution < -0.4 is 14.5 Å². The quantitative estimate of drug-likeness (QED) is 0.437. The van der Waals surface area contributed by atoms with Gasteiger partial charge in [0.1, 0.15) is 11.6 Å². The number of sulfone groups is 1. The van der Waals surface area contributed by atoms with E-state index in [1.54, 1.807) is 16.7 Å². The number of nitrogens with zero attached hydrogens (tertiary/aromatic N) is 3. The lowest BCUT2D eigenvalue weighted by atomic mass is 10.0. The maximum absolute atomic E-state index is 14.6. The van der Waals surface area contributed by atoms with Crippen LogP contribution in [0.25, 0.3) is 16.6 Å². The Labute approximate surface area is 190 Å². The topological polar surface area (TPSA) is 101 Å². The zero-order valence-electron chi connectivity index (χ0n) is 18.4. The van der Waals surface area contributed by atoms with Crippen LogP contribution in [0.15, 0.2) is 41.8 Å². The number of aromatic amines is 1. The molecule has 0 radical (unpaired) electrons. The molecule has 0 fully saturated rings. The number of rotatable bonds is 5. The lowest BCUT2D eigenvalue weighted by Crippen LogP contribution is -2.27. The Morgan fingerprint density at radius 3 is 2.79 bits per heavy atom. The first-order valence-electron chi connectivity index (χ1n) is 10.5. The molecule has 0 saturated heterocycles. The standard InChI is InChI=1S/C23H22FN5O3S/c1-13-4-5-15(14(2)28-13)18-11-26-23(29-12-27-22(21(18)29)33(3,30)31)25-10-17-16-8-9-32-20(16)7-6-19(17)24/h4-7,11-12H,8-10H2,1-3H3,(H,25,26)/p+1. The third-order valence-electron chi connectivity index (χ3n) is 5.83. The molecule has 0 bridgehead atoms. The summed E-state index contributed by atoms with van der Waals surface area (Å²) in [4.78, 5) is 11.9. The van der Waals surface area contributed by atoms with E-state index in [1.807, 2.05) is 26.0 Å². The van der Waals surface area contributed by atoms with E-state index in [1.165, 1.54) is 12.4 Å². The van der Waals surface area contributed by atoms with Crippen LogP contribution in [-0.2, 0) is 22.8 Å². The molecule has 0 atom stereocenters. The molecule has 4 heterocycles. The van der Waals surface area contributed by atoms with Crippen LogP contribution in [0, 0.1) is 19.7 Å². The number of hydrogen-bond acceptors (Lipinski definition) is 6. The number of fused-ring (bicyclic) bond motifs is 2. The summed E-state index contributed by atoms with van der Waals surface area (Å²) in [6.07, 6.45) is 4.95. The molecule has 0 aliphatic carbocycles. The van der Waals surface area contributed by atoms with Crippen LogP contribution in [-0.4, -0.2) is 36.2 Å². The summed E-state index contributed by atoms with van der Waals surface area (Å²) >= 11 is 0. The van der Waals surface area contributed by atoms with Crippen molar-refractivity contribution in [2.45, 2.75) is 31.8 Å². The molecular formula is C23H23FN5O3S+. The maximum atomic E-state index is 14.6. The zero-order valence-corrected chi connectivity index (χ0v) is 19.3. The Hall–Kier alpha value is -3.53. The summed E-state index contributed by atoms with van der Waals surface area (Å²) in [7, 11) is -3.57. The lowest BCUT2D eigenvalue weighted by molar-refractivity contribution is -0.498. The number of anilines is 1. The summed E-state index contributed by atoms with van der Waals surface area (Å²) in [6.45, 7) is 4.47. The number of H-pyrrole nitrogens is 1. The van der Waals surface area contributed by atoms with E-state index in [9.17, 15) is 12.8 Å². The predicted octanol–water partition coefficient (Wildman–Crippen LogP) is 2.92. The monoisotopic (exact) mass is 468 g/mol. The van der Waals surface area contributed by atoms with Gasteiger partial charge in [0.05, 0.1) is 24.9 Å². The van der Waals surface area contributed by atoms with Crippen molar-refractivity contribution in [1.29, 1.82) is 0 Å². The highest BCUT2D eigenvalue weighted by molar-refractivity contribution is 7.90. The van der Waals surface area contributed by atoms with Crippen molar-refractivity contribution < 1.29 is 21.9 Å². The summed E-state index contributed by atoms with van der Waals surface area (Å²) in [5.41, 5.74) is 4.85. The van der Waals surface area contributed by atoms with Gasteiger partial charge in [-0.15, -0.1) is 4.98 Å². The van der Waals surface area contributed by atoms with Gasteiger partial charge in [-0.1, -0.05) is 6.07 Å². The number of imidazole rings is 1. The molecule has 2 N–H and O–H groups in total. The SMILES string of the molecule is Cc1ccc(-c2cnc(NCc3c(F)ccc4c3CCO4)[n+]3c[nH]c(S(C)(=O)=O)c23)c(C)n1. The fraction of sp³-hybridized carbons (Fsp3) is 0.261. The molecule has 3 aromatic heterocycles. The van der Waals surface area contributed by atoms with Gasteiger partial charge >= 0.3 is 5.95 Å². The zero-order chi connectivity index (χ0) is 23.3. The van der Waals surface area contributed by atoms with E-state index in [0.29, 0.717) is 41.4 Å². The highest BCUT2D eigenvalue weighted by Crippen LogP contribution is 2.31. The minimum atomic E-state index is -3.57. The Morgan fingerprint density at radius 2 is 2.03 bits per heavy atom. The second-order valence-electron chi connectivity index (χ2n) is 8.13. The van der Waals surface area contributed by atoms with Crippen LogP contribution in [0.5, 0.6) is 5.75 Å². The molecule has 0 amide bonds. The van der Waals surface area contributed by atoms with E-state index >= 15 is 0 Å². The van der Waals surface area contributed by atoms with Gasteiger partial charge in [0, 0.05) is 40.8 Å². The van der Waals surface area contributed by atoms with E-state index in [0.717, 1.165) is 28.8 Å². The molecule has 8 nitrogen and oxygen atoms in total. The molecule has 0 unspecified atom stereocenters. The fourth-order valence-electron chi connectivity index (χ4n) is 4.29. The minimum Gasteiger partial charge on any atom is -0.493 e. The molecule has 10 heteroatoms. The maximum Gasteiger partial charge on any atom is 0.352 e. The summed E-state index contributed by atoms with van der Waals surface area (Å²) in [5, 5.41) is 3.24. The minimum absolute atomic E-state index is 0.0723. The van der Waals surface area contributed by atoms with Crippen LogP contribution in [0.3, 0.4) is 0 Å². The molecule has 5 rings (SSSR count). The molecule has 4 aromatic rings. The number of pyridine rings is 1. The smallest absolute Gasteiger partial charge is 0.352 e. The highest BCUT2D eigenvalue weighted by Gasteiger charge is 2.27. The average molecular weight is 469 g/mol. The van der Waals surface area contributed by atoms with E-state index in [4.69, 9.17) is 4.74 Å². The van der Waals surface area contributed by atoms with E-state index in [2.05, 4.69) is 20.3 Å². The van der Waals surface area contributed by atoms with Gasteiger partial charge in [-0.3, -0.25) is 15.3 Å². The Morgan fingerprint density at radius 1 is 1.21 bits per heavy atom. The van der Waals surface area contributed by atoms with Crippen LogP contribution in [0.1, 0.15) is 22.5 Å². The van der Waals surface area contributed by atoms with Crippen molar-refractivity contribution in [3.63, 3.8) is 0 Å². The van der Waals surface area contributed by atoms with Crippen molar-refractivity contribution in [3.05, 3.63) is 65.1 Å². The van der Waals surface area contributed by atoms with Crippen LogP contribution in [0.2, 0.25) is 0 Å². The largest absolute Gasteiger partial charge is 0.493 e. The van der Waals surface area contributed by atoms with Crippen molar-refractivity contribution in [2.75, 3.05) is 18.2 Å². The molecule has 1 aliphatic rings. The Balaban J connectivity index is 1.63. The third kappa shape index (κ3) is 3.70.